The predicted octanol–water partition coefficient (Wildman–Crippen LogP) is 4.02. The molecule has 3 rings (SSSR count). The van der Waals surface area contributed by atoms with Crippen LogP contribution < -0.4 is 4.74 Å². The maximum atomic E-state index is 13.4. The number of nitrogens with zero attached hydrogens (tertiary/aromatic N) is 3. The van der Waals surface area contributed by atoms with Crippen LogP contribution in [0.1, 0.15) is 29.5 Å². The van der Waals surface area contributed by atoms with Crippen LogP contribution in [0.3, 0.4) is 0 Å². The van der Waals surface area contributed by atoms with Gasteiger partial charge in [-0.1, -0.05) is 6.92 Å². The third kappa shape index (κ3) is 3.19. The minimum atomic E-state index is -4.64. The normalized spacial score (nSPS) is 11.7. The molecule has 8 heteroatoms. The monoisotopic (exact) mass is 349 g/mol. The van der Waals surface area contributed by atoms with Crippen LogP contribution in [0.15, 0.2) is 36.4 Å². The van der Waals surface area contributed by atoms with Crippen molar-refractivity contribution in [1.82, 2.24) is 14.6 Å². The highest BCUT2D eigenvalue weighted by molar-refractivity contribution is 5.95. The molecule has 0 radical (unpaired) electrons. The first-order chi connectivity index (χ1) is 11.8. The summed E-state index contributed by atoms with van der Waals surface area (Å²) in [6.45, 7) is 1.62. The van der Waals surface area contributed by atoms with Crippen LogP contribution in [0.5, 0.6) is 5.75 Å². The summed E-state index contributed by atoms with van der Waals surface area (Å²) in [5, 5.41) is 3.78. The molecule has 0 spiro atoms. The highest BCUT2D eigenvalue weighted by atomic mass is 19.4. The Balaban J connectivity index is 2.21. The summed E-state index contributed by atoms with van der Waals surface area (Å²) in [6.07, 6.45) is -4.49. The maximum Gasteiger partial charge on any atom is 0.433 e. The maximum absolute atomic E-state index is 13.4. The number of ketones is 1. The van der Waals surface area contributed by atoms with Gasteiger partial charge >= 0.3 is 6.18 Å². The van der Waals surface area contributed by atoms with Gasteiger partial charge in [0.2, 0.25) is 0 Å². The Morgan fingerprint density at radius 3 is 2.44 bits per heavy atom. The lowest BCUT2D eigenvalue weighted by Gasteiger charge is -2.11. The molecular weight excluding hydrogens is 335 g/mol. The number of methoxy groups -OCH3 is 1. The smallest absolute Gasteiger partial charge is 0.433 e. The molecule has 0 aliphatic carbocycles. The van der Waals surface area contributed by atoms with E-state index in [0.29, 0.717) is 15.8 Å². The number of aromatic nitrogens is 3. The zero-order chi connectivity index (χ0) is 18.2. The standard InChI is InChI=1S/C17H14F3N3O2/c1-3-14(24)13-9-16-21-12(10-4-6-11(25-2)7-5-10)8-15(17(18,19)20)23(16)22-13/h4-9H,3H2,1-2H3. The van der Waals surface area contributed by atoms with Crippen molar-refractivity contribution in [3.63, 3.8) is 0 Å². The summed E-state index contributed by atoms with van der Waals surface area (Å²) in [5.74, 6) is 0.241. The molecule has 0 bridgehead atoms. The molecule has 0 aliphatic rings. The second-order valence-corrected chi connectivity index (χ2v) is 5.33. The van der Waals surface area contributed by atoms with E-state index < -0.39 is 11.9 Å². The number of ether oxygens (including phenoxy) is 1. The van der Waals surface area contributed by atoms with Gasteiger partial charge in [-0.05, 0) is 30.3 Å². The SMILES string of the molecule is CCC(=O)c1cc2nc(-c3ccc(OC)cc3)cc(C(F)(F)F)n2n1. The summed E-state index contributed by atoms with van der Waals surface area (Å²) >= 11 is 0. The van der Waals surface area contributed by atoms with E-state index in [9.17, 15) is 18.0 Å². The fourth-order valence-electron chi connectivity index (χ4n) is 2.40. The van der Waals surface area contributed by atoms with E-state index >= 15 is 0 Å². The Morgan fingerprint density at radius 1 is 1.20 bits per heavy atom. The largest absolute Gasteiger partial charge is 0.497 e. The third-order valence-electron chi connectivity index (χ3n) is 3.71. The number of benzene rings is 1. The van der Waals surface area contributed by atoms with Gasteiger partial charge in [0.25, 0.3) is 0 Å². The molecule has 0 fully saturated rings. The highest BCUT2D eigenvalue weighted by Crippen LogP contribution is 2.32. The molecule has 0 amide bonds. The van der Waals surface area contributed by atoms with Gasteiger partial charge in [-0.25, -0.2) is 9.50 Å². The van der Waals surface area contributed by atoms with Crippen molar-refractivity contribution in [3.05, 3.63) is 47.8 Å². The average Bonchev–Trinajstić information content (AvgIpc) is 3.03. The molecule has 0 saturated carbocycles. The number of halogens is 3. The van der Waals surface area contributed by atoms with Gasteiger partial charge in [-0.2, -0.15) is 18.3 Å². The molecule has 2 aromatic heterocycles. The number of alkyl halides is 3. The van der Waals surface area contributed by atoms with E-state index in [-0.39, 0.29) is 29.2 Å². The second-order valence-electron chi connectivity index (χ2n) is 5.33. The lowest BCUT2D eigenvalue weighted by Crippen LogP contribution is -2.14. The van der Waals surface area contributed by atoms with E-state index in [4.69, 9.17) is 4.74 Å². The van der Waals surface area contributed by atoms with Crippen molar-refractivity contribution in [2.75, 3.05) is 7.11 Å². The zero-order valence-corrected chi connectivity index (χ0v) is 13.5. The van der Waals surface area contributed by atoms with E-state index in [2.05, 4.69) is 10.1 Å². The number of hydrogen-bond donors (Lipinski definition) is 0. The van der Waals surface area contributed by atoms with Gasteiger partial charge in [-0.3, -0.25) is 4.79 Å². The van der Waals surface area contributed by atoms with E-state index in [1.165, 1.54) is 13.2 Å². The van der Waals surface area contributed by atoms with Gasteiger partial charge in [0, 0.05) is 18.1 Å². The Labute approximate surface area is 141 Å². The Kier molecular flexibility index (Phi) is 4.20. The molecule has 0 atom stereocenters. The van der Waals surface area contributed by atoms with Crippen LogP contribution >= 0.6 is 0 Å². The van der Waals surface area contributed by atoms with Crippen molar-refractivity contribution >= 4 is 11.4 Å². The molecule has 0 unspecified atom stereocenters. The molecule has 0 saturated heterocycles. The van der Waals surface area contributed by atoms with Gasteiger partial charge in [-0.15, -0.1) is 0 Å². The molecule has 1 aromatic carbocycles. The van der Waals surface area contributed by atoms with Crippen molar-refractivity contribution in [3.8, 4) is 17.0 Å². The number of fused-ring (bicyclic) bond motifs is 1. The first-order valence-electron chi connectivity index (χ1n) is 7.49. The van der Waals surface area contributed by atoms with E-state index in [0.717, 1.165) is 6.07 Å². The topological polar surface area (TPSA) is 56.5 Å². The number of rotatable bonds is 4. The predicted molar refractivity (Wildman–Crippen MR) is 84.6 cm³/mol. The van der Waals surface area contributed by atoms with Gasteiger partial charge < -0.3 is 4.74 Å². The van der Waals surface area contributed by atoms with Crippen LogP contribution in [-0.4, -0.2) is 27.5 Å². The Hall–Kier alpha value is -2.90. The molecular formula is C17H14F3N3O2. The quantitative estimate of drug-likeness (QED) is 0.668. The molecule has 0 aliphatic heterocycles. The average molecular weight is 349 g/mol. The van der Waals surface area contributed by atoms with Gasteiger partial charge in [0.1, 0.15) is 11.4 Å². The molecule has 0 N–H and O–H groups in total. The number of hydrogen-bond acceptors (Lipinski definition) is 4. The lowest BCUT2D eigenvalue weighted by atomic mass is 10.1. The van der Waals surface area contributed by atoms with E-state index in [1.807, 2.05) is 0 Å². The van der Waals surface area contributed by atoms with Crippen LogP contribution in [0, 0.1) is 0 Å². The summed E-state index contributed by atoms with van der Waals surface area (Å²) in [4.78, 5) is 16.0. The lowest BCUT2D eigenvalue weighted by molar-refractivity contribution is -0.142. The molecule has 130 valence electrons. The number of carbonyl (C=O) groups excluding carboxylic acids is 1. The van der Waals surface area contributed by atoms with Crippen molar-refractivity contribution in [1.29, 1.82) is 0 Å². The third-order valence-corrected chi connectivity index (χ3v) is 3.71. The minimum Gasteiger partial charge on any atom is -0.497 e. The minimum absolute atomic E-state index is 0.0301. The second kappa shape index (κ2) is 6.19. The summed E-state index contributed by atoms with van der Waals surface area (Å²) in [7, 11) is 1.50. The van der Waals surface area contributed by atoms with Crippen LogP contribution in [0.4, 0.5) is 13.2 Å². The number of Topliss-reactive ketones (excluding diaryl/α,β-unsaturated/α-hetero) is 1. The molecule has 5 nitrogen and oxygen atoms in total. The fourth-order valence-corrected chi connectivity index (χ4v) is 2.40. The molecule has 25 heavy (non-hydrogen) atoms. The van der Waals surface area contributed by atoms with Gasteiger partial charge in [0.05, 0.1) is 12.8 Å². The zero-order valence-electron chi connectivity index (χ0n) is 13.5. The summed E-state index contributed by atoms with van der Waals surface area (Å²) < 4.78 is 46.0. The molecule has 3 aromatic rings. The Morgan fingerprint density at radius 2 is 1.88 bits per heavy atom. The Bertz CT molecular complexity index is 931. The van der Waals surface area contributed by atoms with Crippen molar-refractivity contribution in [2.24, 2.45) is 0 Å². The van der Waals surface area contributed by atoms with Crippen molar-refractivity contribution < 1.29 is 22.7 Å². The molecule has 2 heterocycles. The van der Waals surface area contributed by atoms with Gasteiger partial charge in [0.15, 0.2) is 17.1 Å². The van der Waals surface area contributed by atoms with Crippen LogP contribution in [-0.2, 0) is 6.18 Å². The first kappa shape index (κ1) is 16.9. The van der Waals surface area contributed by atoms with E-state index in [1.54, 1.807) is 31.2 Å². The first-order valence-corrected chi connectivity index (χ1v) is 7.49. The fraction of sp³-hybridized carbons (Fsp3) is 0.235. The number of carbonyl (C=O) groups is 1. The van der Waals surface area contributed by atoms with Crippen molar-refractivity contribution in [2.45, 2.75) is 19.5 Å². The van der Waals surface area contributed by atoms with Crippen LogP contribution in [0.2, 0.25) is 0 Å². The highest BCUT2D eigenvalue weighted by Gasteiger charge is 2.35. The van der Waals surface area contributed by atoms with Crippen LogP contribution in [0.25, 0.3) is 16.9 Å². The summed E-state index contributed by atoms with van der Waals surface area (Å²) in [5.41, 5.74) is -0.417. The summed E-state index contributed by atoms with van der Waals surface area (Å²) in [6, 6.07) is 8.70.